The lowest BCUT2D eigenvalue weighted by atomic mass is 10.1. The van der Waals surface area contributed by atoms with Gasteiger partial charge in [0.05, 0.1) is 16.6 Å². The van der Waals surface area contributed by atoms with Crippen LogP contribution in [0.15, 0.2) is 16.6 Å². The highest BCUT2D eigenvalue weighted by Gasteiger charge is 2.32. The van der Waals surface area contributed by atoms with Crippen molar-refractivity contribution in [3.8, 4) is 5.75 Å². The molecule has 0 aromatic heterocycles. The van der Waals surface area contributed by atoms with Crippen LogP contribution in [0.2, 0.25) is 0 Å². The Morgan fingerprint density at radius 1 is 1.26 bits per heavy atom. The van der Waals surface area contributed by atoms with Crippen LogP contribution in [0.5, 0.6) is 5.75 Å². The van der Waals surface area contributed by atoms with E-state index in [4.69, 9.17) is 0 Å². The Hall–Kier alpha value is -1.28. The number of phenols is 1. The Labute approximate surface area is 141 Å². The zero-order chi connectivity index (χ0) is 17.2. The Morgan fingerprint density at radius 3 is 2.61 bits per heavy atom. The third-order valence-corrected chi connectivity index (χ3v) is 4.32. The summed E-state index contributed by atoms with van der Waals surface area (Å²) in [4.78, 5) is 15.4. The van der Waals surface area contributed by atoms with Crippen molar-refractivity contribution in [1.82, 2.24) is 9.80 Å². The smallest absolute Gasteiger partial charge is 0.401 e. The fraction of sp³-hybridized carbons (Fsp3) is 0.533. The van der Waals surface area contributed by atoms with E-state index >= 15 is 0 Å². The standard InChI is InChI=1S/C15H18BrF3N2O2/c1-10-7-11(13(22)12(16)8-10)14(23)21-4-2-3-20(5-6-21)9-15(17,18)19/h7-8,22H,2-6,9H2,1H3. The number of nitrogens with zero attached hydrogens (tertiary/aromatic N) is 2. The number of carbonyl (C=O) groups excluding carboxylic acids is 1. The molecule has 0 spiro atoms. The monoisotopic (exact) mass is 394 g/mol. The van der Waals surface area contributed by atoms with Crippen LogP contribution in [0.1, 0.15) is 22.3 Å². The number of aryl methyl sites for hydroxylation is 1. The number of alkyl halides is 3. The molecule has 1 aromatic rings. The lowest BCUT2D eigenvalue weighted by molar-refractivity contribution is -0.145. The lowest BCUT2D eigenvalue weighted by Crippen LogP contribution is -2.38. The van der Waals surface area contributed by atoms with Gasteiger partial charge in [0.15, 0.2) is 0 Å². The number of amides is 1. The molecule has 1 N–H and O–H groups in total. The van der Waals surface area contributed by atoms with Crippen LogP contribution >= 0.6 is 15.9 Å². The molecule has 0 unspecified atom stereocenters. The van der Waals surface area contributed by atoms with E-state index in [1.165, 1.54) is 9.80 Å². The van der Waals surface area contributed by atoms with Crippen molar-refractivity contribution in [3.05, 3.63) is 27.7 Å². The molecule has 128 valence electrons. The van der Waals surface area contributed by atoms with E-state index in [2.05, 4.69) is 15.9 Å². The van der Waals surface area contributed by atoms with Crippen molar-refractivity contribution in [2.75, 3.05) is 32.7 Å². The van der Waals surface area contributed by atoms with Gasteiger partial charge in [0.25, 0.3) is 5.91 Å². The molecule has 1 fully saturated rings. The summed E-state index contributed by atoms with van der Waals surface area (Å²) in [6.45, 7) is 1.88. The fourth-order valence-electron chi connectivity index (χ4n) is 2.65. The maximum absolute atomic E-state index is 12.6. The minimum atomic E-state index is -4.24. The van der Waals surface area contributed by atoms with Crippen LogP contribution in [0, 0.1) is 6.92 Å². The fourth-order valence-corrected chi connectivity index (χ4v) is 3.23. The summed E-state index contributed by atoms with van der Waals surface area (Å²) < 4.78 is 37.8. The third-order valence-electron chi connectivity index (χ3n) is 3.72. The molecular formula is C15H18BrF3N2O2. The number of halogens is 4. The second-order valence-corrected chi connectivity index (χ2v) is 6.53. The first-order chi connectivity index (χ1) is 10.7. The third kappa shape index (κ3) is 4.84. The van der Waals surface area contributed by atoms with Crippen LogP contribution in [0.25, 0.3) is 0 Å². The van der Waals surface area contributed by atoms with Gasteiger partial charge in [0.2, 0.25) is 0 Å². The van der Waals surface area contributed by atoms with E-state index in [1.54, 1.807) is 19.1 Å². The highest BCUT2D eigenvalue weighted by atomic mass is 79.9. The summed E-state index contributed by atoms with van der Waals surface area (Å²) in [6, 6.07) is 3.28. The first kappa shape index (κ1) is 18.1. The van der Waals surface area contributed by atoms with Crippen LogP contribution < -0.4 is 0 Å². The van der Waals surface area contributed by atoms with Gasteiger partial charge in [-0.1, -0.05) is 0 Å². The van der Waals surface area contributed by atoms with E-state index in [-0.39, 0.29) is 30.3 Å². The normalized spacial score (nSPS) is 17.2. The molecule has 1 aromatic carbocycles. The quantitative estimate of drug-likeness (QED) is 0.837. The van der Waals surface area contributed by atoms with Crippen molar-refractivity contribution in [3.63, 3.8) is 0 Å². The number of hydrogen-bond donors (Lipinski definition) is 1. The first-order valence-corrected chi connectivity index (χ1v) is 8.04. The molecule has 1 aliphatic heterocycles. The minimum Gasteiger partial charge on any atom is -0.506 e. The largest absolute Gasteiger partial charge is 0.506 e. The lowest BCUT2D eigenvalue weighted by Gasteiger charge is -2.23. The maximum Gasteiger partial charge on any atom is 0.401 e. The average Bonchev–Trinajstić information content (AvgIpc) is 2.66. The number of hydrogen-bond acceptors (Lipinski definition) is 3. The summed E-state index contributed by atoms with van der Waals surface area (Å²) in [6.07, 6.45) is -3.77. The Morgan fingerprint density at radius 2 is 1.96 bits per heavy atom. The van der Waals surface area contributed by atoms with Crippen LogP contribution in [0.3, 0.4) is 0 Å². The van der Waals surface area contributed by atoms with Gasteiger partial charge in [-0.05, 0) is 47.0 Å². The predicted molar refractivity (Wildman–Crippen MR) is 83.6 cm³/mol. The number of carbonyl (C=O) groups is 1. The zero-order valence-electron chi connectivity index (χ0n) is 12.7. The van der Waals surface area contributed by atoms with Gasteiger partial charge in [-0.3, -0.25) is 9.69 Å². The SMILES string of the molecule is Cc1cc(Br)c(O)c(C(=O)N2CCCN(CC(F)(F)F)CC2)c1. The van der Waals surface area contributed by atoms with Crippen molar-refractivity contribution in [2.24, 2.45) is 0 Å². The van der Waals surface area contributed by atoms with Crippen molar-refractivity contribution in [1.29, 1.82) is 0 Å². The zero-order valence-corrected chi connectivity index (χ0v) is 14.2. The maximum atomic E-state index is 12.6. The molecule has 0 atom stereocenters. The molecule has 1 heterocycles. The van der Waals surface area contributed by atoms with Gasteiger partial charge in [-0.25, -0.2) is 0 Å². The van der Waals surface area contributed by atoms with Gasteiger partial charge >= 0.3 is 6.18 Å². The molecule has 1 aliphatic rings. The van der Waals surface area contributed by atoms with Crippen LogP contribution in [-0.2, 0) is 0 Å². The van der Waals surface area contributed by atoms with Crippen molar-refractivity contribution < 1.29 is 23.1 Å². The van der Waals surface area contributed by atoms with E-state index < -0.39 is 12.7 Å². The molecule has 0 saturated carbocycles. The number of phenolic OH excluding ortho intramolecular Hbond substituents is 1. The van der Waals surface area contributed by atoms with Crippen LogP contribution in [-0.4, -0.2) is 59.7 Å². The van der Waals surface area contributed by atoms with E-state index in [0.717, 1.165) is 5.56 Å². The molecule has 0 aliphatic carbocycles. The molecule has 1 saturated heterocycles. The minimum absolute atomic E-state index is 0.142. The molecule has 2 rings (SSSR count). The van der Waals surface area contributed by atoms with Gasteiger partial charge in [-0.15, -0.1) is 0 Å². The second-order valence-electron chi connectivity index (χ2n) is 5.68. The number of benzene rings is 1. The number of aromatic hydroxyl groups is 1. The summed E-state index contributed by atoms with van der Waals surface area (Å²) >= 11 is 3.19. The average molecular weight is 395 g/mol. The van der Waals surface area contributed by atoms with Crippen molar-refractivity contribution in [2.45, 2.75) is 19.5 Å². The Bertz CT molecular complexity index is 593. The van der Waals surface area contributed by atoms with Gasteiger partial charge in [0.1, 0.15) is 5.75 Å². The molecule has 0 radical (unpaired) electrons. The predicted octanol–water partition coefficient (Wildman–Crippen LogP) is 3.17. The molecule has 4 nitrogen and oxygen atoms in total. The molecule has 0 bridgehead atoms. The highest BCUT2D eigenvalue weighted by Crippen LogP contribution is 2.30. The van der Waals surface area contributed by atoms with Gasteiger partial charge in [-0.2, -0.15) is 13.2 Å². The Kier molecular flexibility index (Phi) is 5.57. The van der Waals surface area contributed by atoms with Gasteiger partial charge in [0, 0.05) is 26.2 Å². The Balaban J connectivity index is 2.09. The highest BCUT2D eigenvalue weighted by molar-refractivity contribution is 9.10. The second kappa shape index (κ2) is 7.09. The van der Waals surface area contributed by atoms with E-state index in [1.807, 2.05) is 0 Å². The topological polar surface area (TPSA) is 43.8 Å². The molecule has 23 heavy (non-hydrogen) atoms. The van der Waals surface area contributed by atoms with Crippen molar-refractivity contribution >= 4 is 21.8 Å². The number of rotatable bonds is 2. The summed E-state index contributed by atoms with van der Waals surface area (Å²) in [5.74, 6) is -0.502. The molecular weight excluding hydrogens is 377 g/mol. The van der Waals surface area contributed by atoms with Gasteiger partial charge < -0.3 is 10.0 Å². The van der Waals surface area contributed by atoms with Crippen LogP contribution in [0.4, 0.5) is 13.2 Å². The molecule has 8 heteroatoms. The first-order valence-electron chi connectivity index (χ1n) is 7.25. The summed E-state index contributed by atoms with van der Waals surface area (Å²) in [7, 11) is 0. The summed E-state index contributed by atoms with van der Waals surface area (Å²) in [5, 5.41) is 10.0. The summed E-state index contributed by atoms with van der Waals surface area (Å²) in [5.41, 5.74) is 0.979. The molecule has 1 amide bonds. The van der Waals surface area contributed by atoms with E-state index in [9.17, 15) is 23.1 Å². The van der Waals surface area contributed by atoms with E-state index in [0.29, 0.717) is 24.0 Å².